The van der Waals surface area contributed by atoms with Crippen LogP contribution in [0.4, 0.5) is 5.69 Å². The second-order valence-electron chi connectivity index (χ2n) is 8.37. The number of amides is 1. The summed E-state index contributed by atoms with van der Waals surface area (Å²) in [6, 6.07) is 12.2. The van der Waals surface area contributed by atoms with Crippen molar-refractivity contribution in [1.82, 2.24) is 0 Å². The second-order valence-corrected chi connectivity index (χ2v) is 10.4. The summed E-state index contributed by atoms with van der Waals surface area (Å²) in [5.74, 6) is 2.87. The highest BCUT2D eigenvalue weighted by Crippen LogP contribution is 2.36. The van der Waals surface area contributed by atoms with E-state index < -0.39 is 0 Å². The van der Waals surface area contributed by atoms with Crippen molar-refractivity contribution >= 4 is 52.6 Å². The van der Waals surface area contributed by atoms with Crippen LogP contribution in [0.1, 0.15) is 17.5 Å². The molecule has 1 unspecified atom stereocenters. The molecule has 0 aromatic heterocycles. The molecule has 2 aliphatic heterocycles. The molecular formula is C23H25Cl2IN2O2S. The lowest BCUT2D eigenvalue weighted by Crippen LogP contribution is -3.00. The molecule has 1 fully saturated rings. The first kappa shape index (κ1) is 24.7. The minimum atomic E-state index is -0.191. The van der Waals surface area contributed by atoms with Crippen LogP contribution in [0.2, 0.25) is 10.0 Å². The molecule has 4 nitrogen and oxygen atoms in total. The maximum absolute atomic E-state index is 12.7. The zero-order chi connectivity index (χ0) is 21.3. The van der Waals surface area contributed by atoms with Crippen LogP contribution in [-0.4, -0.2) is 48.6 Å². The third-order valence-electron chi connectivity index (χ3n) is 5.73. The lowest BCUT2D eigenvalue weighted by Gasteiger charge is -2.35. The van der Waals surface area contributed by atoms with Gasteiger partial charge in [-0.3, -0.25) is 4.79 Å². The van der Waals surface area contributed by atoms with E-state index >= 15 is 0 Å². The zero-order valence-electron chi connectivity index (χ0n) is 17.5. The number of benzene rings is 2. The molecule has 2 heterocycles. The molecule has 2 aromatic carbocycles. The number of rotatable bonds is 5. The minimum Gasteiger partial charge on any atom is -1.00 e. The fourth-order valence-corrected chi connectivity index (χ4v) is 5.94. The van der Waals surface area contributed by atoms with Crippen molar-refractivity contribution in [2.75, 3.05) is 37.5 Å². The van der Waals surface area contributed by atoms with Gasteiger partial charge >= 0.3 is 0 Å². The molecule has 1 N–H and O–H groups in total. The molecule has 31 heavy (non-hydrogen) atoms. The quantitative estimate of drug-likeness (QED) is 0.430. The van der Waals surface area contributed by atoms with Crippen molar-refractivity contribution in [3.8, 4) is 5.75 Å². The highest BCUT2D eigenvalue weighted by Gasteiger charge is 2.31. The van der Waals surface area contributed by atoms with E-state index in [9.17, 15) is 4.79 Å². The lowest BCUT2D eigenvalue weighted by atomic mass is 10.1. The Balaban J connectivity index is 0.00000272. The zero-order valence-corrected chi connectivity index (χ0v) is 21.9. The van der Waals surface area contributed by atoms with Crippen LogP contribution in [0, 0.1) is 0 Å². The summed E-state index contributed by atoms with van der Waals surface area (Å²) < 4.78 is 6.67. The van der Waals surface area contributed by atoms with Crippen LogP contribution in [0.25, 0.3) is 6.08 Å². The summed E-state index contributed by atoms with van der Waals surface area (Å²) >= 11 is 14.3. The Hall–Kier alpha value is -0.930. The molecule has 2 aliphatic rings. The van der Waals surface area contributed by atoms with Crippen molar-refractivity contribution < 1.29 is 38.0 Å². The van der Waals surface area contributed by atoms with Crippen LogP contribution < -0.4 is 34.0 Å². The number of hydrogen-bond donors (Lipinski definition) is 1. The minimum absolute atomic E-state index is 0. The number of carbonyl (C=O) groups is 1. The standard InChI is InChI=1S/C23H24Cl2N2O2S.HI/c1-27(2,20-7-8-30-14-20)12-15-3-5-19(6-4-15)26-23(28)17-9-16-10-18(24)11-21(25)22(16)29-13-17;/h3-6,9-11,20H,7-8,12-14H2,1-2H3;1H. The van der Waals surface area contributed by atoms with Crippen LogP contribution in [0.15, 0.2) is 42.0 Å². The summed E-state index contributed by atoms with van der Waals surface area (Å²) in [6.07, 6.45) is 3.06. The fraction of sp³-hybridized carbons (Fsp3) is 0.348. The number of thioether (sulfide) groups is 1. The first-order valence-corrected chi connectivity index (χ1v) is 11.9. The largest absolute Gasteiger partial charge is 1.00 e. The van der Waals surface area contributed by atoms with Gasteiger partial charge in [-0.05, 0) is 36.1 Å². The first-order chi connectivity index (χ1) is 14.3. The van der Waals surface area contributed by atoms with Gasteiger partial charge in [0.1, 0.15) is 18.9 Å². The van der Waals surface area contributed by atoms with Crippen LogP contribution in [0.3, 0.4) is 0 Å². The average Bonchev–Trinajstić information content (AvgIpc) is 3.24. The summed E-state index contributed by atoms with van der Waals surface area (Å²) in [4.78, 5) is 12.7. The third kappa shape index (κ3) is 5.90. The van der Waals surface area contributed by atoms with Crippen LogP contribution >= 0.6 is 35.0 Å². The Morgan fingerprint density at radius 3 is 2.65 bits per heavy atom. The monoisotopic (exact) mass is 590 g/mol. The number of fused-ring (bicyclic) bond motifs is 1. The van der Waals surface area contributed by atoms with E-state index in [0.29, 0.717) is 33.0 Å². The highest BCUT2D eigenvalue weighted by molar-refractivity contribution is 7.99. The molecule has 0 spiro atoms. The normalized spacial score (nSPS) is 17.8. The lowest BCUT2D eigenvalue weighted by molar-refractivity contribution is -0.924. The number of anilines is 1. The summed E-state index contributed by atoms with van der Waals surface area (Å²) in [6.45, 7) is 1.15. The maximum Gasteiger partial charge on any atom is 0.255 e. The van der Waals surface area contributed by atoms with Crippen molar-refractivity contribution in [2.24, 2.45) is 0 Å². The first-order valence-electron chi connectivity index (χ1n) is 9.95. The predicted octanol–water partition coefficient (Wildman–Crippen LogP) is 2.49. The van der Waals surface area contributed by atoms with Gasteiger partial charge in [0.15, 0.2) is 0 Å². The summed E-state index contributed by atoms with van der Waals surface area (Å²) in [7, 11) is 4.61. The number of quaternary nitrogens is 1. The second kappa shape index (κ2) is 10.3. The Kier molecular flexibility index (Phi) is 8.24. The molecule has 0 saturated carbocycles. The van der Waals surface area contributed by atoms with Gasteiger partial charge in [0, 0.05) is 34.0 Å². The van der Waals surface area contributed by atoms with Gasteiger partial charge in [0.2, 0.25) is 0 Å². The van der Waals surface area contributed by atoms with Gasteiger partial charge in [0.25, 0.3) is 5.91 Å². The smallest absolute Gasteiger partial charge is 0.255 e. The van der Waals surface area contributed by atoms with Crippen molar-refractivity contribution in [3.05, 3.63) is 63.1 Å². The van der Waals surface area contributed by atoms with E-state index in [1.54, 1.807) is 18.2 Å². The van der Waals surface area contributed by atoms with Gasteiger partial charge < -0.3 is 38.5 Å². The van der Waals surface area contributed by atoms with Gasteiger partial charge in [-0.25, -0.2) is 0 Å². The molecule has 4 rings (SSSR count). The van der Waals surface area contributed by atoms with Crippen LogP contribution in [-0.2, 0) is 11.3 Å². The molecule has 166 valence electrons. The summed E-state index contributed by atoms with van der Waals surface area (Å²) in [5.41, 5.74) is 3.28. The van der Waals surface area contributed by atoms with E-state index in [4.69, 9.17) is 27.9 Å². The SMILES string of the molecule is C[N+](C)(Cc1ccc(NC(=O)C2=Cc3cc(Cl)cc(Cl)c3OC2)cc1)C1CCSC1.[I-]. The van der Waals surface area contributed by atoms with Crippen molar-refractivity contribution in [2.45, 2.75) is 19.0 Å². The molecule has 0 aliphatic carbocycles. The topological polar surface area (TPSA) is 38.3 Å². The van der Waals surface area contributed by atoms with E-state index in [1.807, 2.05) is 23.9 Å². The summed E-state index contributed by atoms with van der Waals surface area (Å²) in [5, 5.41) is 3.91. The average molecular weight is 591 g/mol. The predicted molar refractivity (Wildman–Crippen MR) is 127 cm³/mol. The number of halogens is 3. The Labute approximate surface area is 214 Å². The molecule has 0 radical (unpaired) electrons. The van der Waals surface area contributed by atoms with Gasteiger partial charge in [-0.2, -0.15) is 11.8 Å². The van der Waals surface area contributed by atoms with Crippen molar-refractivity contribution in [1.29, 1.82) is 0 Å². The van der Waals surface area contributed by atoms with Gasteiger partial charge in [-0.15, -0.1) is 0 Å². The molecule has 1 amide bonds. The van der Waals surface area contributed by atoms with Crippen molar-refractivity contribution in [3.63, 3.8) is 0 Å². The number of hydrogen-bond acceptors (Lipinski definition) is 3. The van der Waals surface area contributed by atoms with E-state index in [1.165, 1.54) is 23.5 Å². The molecular weight excluding hydrogens is 566 g/mol. The molecule has 0 bridgehead atoms. The number of nitrogens with one attached hydrogen (secondary N) is 1. The third-order valence-corrected chi connectivity index (χ3v) is 7.37. The number of ether oxygens (including phenoxy) is 1. The molecule has 8 heteroatoms. The highest BCUT2D eigenvalue weighted by atomic mass is 127. The maximum atomic E-state index is 12.7. The molecule has 1 atom stereocenters. The fourth-order valence-electron chi connectivity index (χ4n) is 3.93. The van der Waals surface area contributed by atoms with E-state index in [2.05, 4.69) is 31.5 Å². The van der Waals surface area contributed by atoms with Crippen LogP contribution in [0.5, 0.6) is 5.75 Å². The Morgan fingerprint density at radius 1 is 1.23 bits per heavy atom. The van der Waals surface area contributed by atoms with Gasteiger partial charge in [-0.1, -0.05) is 35.3 Å². The molecule has 1 saturated heterocycles. The Morgan fingerprint density at radius 2 is 1.97 bits per heavy atom. The number of carbonyl (C=O) groups excluding carboxylic acids is 1. The Bertz CT molecular complexity index is 990. The number of nitrogens with zero attached hydrogens (tertiary/aromatic N) is 1. The van der Waals surface area contributed by atoms with Gasteiger partial charge in [0.05, 0.1) is 30.7 Å². The molecule has 2 aromatic rings. The van der Waals surface area contributed by atoms with E-state index in [-0.39, 0.29) is 36.5 Å². The van der Waals surface area contributed by atoms with E-state index in [0.717, 1.165) is 16.7 Å².